The average Bonchev–Trinajstić information content (AvgIpc) is 3.71. The van der Waals surface area contributed by atoms with E-state index < -0.39 is 60.2 Å². The summed E-state index contributed by atoms with van der Waals surface area (Å²) < 4.78 is 58.2. The number of anilines is 1. The molecule has 17 heteroatoms. The Bertz CT molecular complexity index is 1930. The Labute approximate surface area is 301 Å². The summed E-state index contributed by atoms with van der Waals surface area (Å²) in [6, 6.07) is 23.0. The molecule has 0 aliphatic carbocycles. The van der Waals surface area contributed by atoms with E-state index in [0.29, 0.717) is 16.7 Å². The number of aromatic nitrogens is 4. The summed E-state index contributed by atoms with van der Waals surface area (Å²) in [5.74, 6) is -2.54. The molecule has 1 fully saturated rings. The number of imidazole rings is 1. The lowest BCUT2D eigenvalue weighted by Crippen LogP contribution is -2.62. The van der Waals surface area contributed by atoms with Crippen molar-refractivity contribution in [2.45, 2.75) is 48.7 Å². The zero-order chi connectivity index (χ0) is 37.8. The van der Waals surface area contributed by atoms with Crippen molar-refractivity contribution in [1.29, 1.82) is 0 Å². The van der Waals surface area contributed by atoms with Gasteiger partial charge in [0.05, 0.1) is 18.9 Å². The number of aliphatic hydroxyl groups excluding tert-OH is 1. The Balaban J connectivity index is 1.64. The summed E-state index contributed by atoms with van der Waals surface area (Å²) in [6.45, 7) is -0.661. The smallest absolute Gasteiger partial charge is 0.374 e. The Kier molecular flexibility index (Phi) is 10.7. The van der Waals surface area contributed by atoms with Crippen molar-refractivity contribution in [3.05, 3.63) is 120 Å². The maximum absolute atomic E-state index is 14.7. The van der Waals surface area contributed by atoms with E-state index in [4.69, 9.17) is 25.0 Å². The first-order valence-electron chi connectivity index (χ1n) is 16.3. The molecular formula is C36H36F3N7O7. The molecule has 53 heavy (non-hydrogen) atoms. The van der Waals surface area contributed by atoms with E-state index in [2.05, 4.69) is 15.0 Å². The SMILES string of the molecule is COOC[C@H]1O[C@](n2cnc3c(N)ncnc32)(C(c2ccccc2)(c2ccccc2)c2ccccc2)[C@H](OCC(=O)NC(F)C(F)(F)NC(C)=O)[C@@H]1O. The molecule has 5 N–H and O–H groups in total. The first kappa shape index (κ1) is 37.3. The van der Waals surface area contributed by atoms with Crippen LogP contribution in [-0.4, -0.2) is 87.4 Å². The number of aliphatic hydroxyl groups is 1. The van der Waals surface area contributed by atoms with Crippen LogP contribution < -0.4 is 16.4 Å². The maximum Gasteiger partial charge on any atom is 0.374 e. The number of nitrogens with one attached hydrogen (secondary N) is 2. The molecule has 6 rings (SSSR count). The number of carbonyl (C=O) groups excluding carboxylic acids is 2. The van der Waals surface area contributed by atoms with E-state index in [1.54, 1.807) is 0 Å². The number of nitrogens with zero attached hydrogens (tertiary/aromatic N) is 4. The van der Waals surface area contributed by atoms with Crippen molar-refractivity contribution in [1.82, 2.24) is 30.2 Å². The van der Waals surface area contributed by atoms with Gasteiger partial charge in [-0.15, -0.1) is 0 Å². The largest absolute Gasteiger partial charge is 0.387 e. The minimum atomic E-state index is -4.44. The topological polar surface area (TPSA) is 185 Å². The third-order valence-electron chi connectivity index (χ3n) is 8.98. The second kappa shape index (κ2) is 15.3. The molecule has 3 aromatic carbocycles. The molecule has 14 nitrogen and oxygen atoms in total. The number of hydrogen-bond donors (Lipinski definition) is 4. The number of benzene rings is 3. The molecule has 2 amide bonds. The van der Waals surface area contributed by atoms with Crippen LogP contribution in [0.15, 0.2) is 104 Å². The van der Waals surface area contributed by atoms with Gasteiger partial charge in [0.15, 0.2) is 17.2 Å². The van der Waals surface area contributed by atoms with Gasteiger partial charge in [-0.1, -0.05) is 91.0 Å². The van der Waals surface area contributed by atoms with Crippen molar-refractivity contribution in [2.75, 3.05) is 26.1 Å². The average molecular weight is 736 g/mol. The summed E-state index contributed by atoms with van der Waals surface area (Å²) >= 11 is 0. The van der Waals surface area contributed by atoms with E-state index in [-0.39, 0.29) is 23.6 Å². The molecule has 0 spiro atoms. The highest BCUT2D eigenvalue weighted by Gasteiger charge is 2.69. The van der Waals surface area contributed by atoms with E-state index in [1.165, 1.54) is 29.6 Å². The number of ether oxygens (including phenoxy) is 2. The number of halogens is 3. The number of alkyl halides is 3. The van der Waals surface area contributed by atoms with Gasteiger partial charge in [-0.3, -0.25) is 19.5 Å². The van der Waals surface area contributed by atoms with Crippen LogP contribution >= 0.6 is 0 Å². The fraction of sp³-hybridized carbons (Fsp3) is 0.306. The van der Waals surface area contributed by atoms with Crippen LogP contribution in [0.3, 0.4) is 0 Å². The fourth-order valence-corrected chi connectivity index (χ4v) is 6.97. The lowest BCUT2D eigenvalue weighted by Gasteiger charge is -2.52. The zero-order valence-electron chi connectivity index (χ0n) is 28.4. The number of carbonyl (C=O) groups is 2. The quantitative estimate of drug-likeness (QED) is 0.0569. The van der Waals surface area contributed by atoms with Gasteiger partial charge in [0.1, 0.15) is 43.4 Å². The Morgan fingerprint density at radius 3 is 2.08 bits per heavy atom. The number of rotatable bonds is 14. The van der Waals surface area contributed by atoms with Crippen LogP contribution in [0.1, 0.15) is 23.6 Å². The summed E-state index contributed by atoms with van der Waals surface area (Å²) in [7, 11) is 1.27. The first-order chi connectivity index (χ1) is 25.5. The molecule has 3 heterocycles. The molecule has 1 aliphatic rings. The lowest BCUT2D eigenvalue weighted by atomic mass is 9.60. The molecule has 0 saturated carbocycles. The van der Waals surface area contributed by atoms with Crippen LogP contribution in [-0.2, 0) is 40.0 Å². The minimum absolute atomic E-state index is 0.0253. The minimum Gasteiger partial charge on any atom is -0.387 e. The van der Waals surface area contributed by atoms with E-state index in [0.717, 1.165) is 12.2 Å². The van der Waals surface area contributed by atoms with Crippen LogP contribution in [0.4, 0.5) is 19.0 Å². The number of fused-ring (bicyclic) bond motifs is 1. The predicted molar refractivity (Wildman–Crippen MR) is 182 cm³/mol. The van der Waals surface area contributed by atoms with Gasteiger partial charge in [-0.2, -0.15) is 8.78 Å². The van der Waals surface area contributed by atoms with Gasteiger partial charge in [0, 0.05) is 6.92 Å². The van der Waals surface area contributed by atoms with E-state index in [1.807, 2.05) is 91.0 Å². The summed E-state index contributed by atoms with van der Waals surface area (Å²) in [4.78, 5) is 47.7. The normalized spacial score (nSPS) is 21.0. The highest BCUT2D eigenvalue weighted by molar-refractivity contribution is 5.82. The third kappa shape index (κ3) is 6.68. The fourth-order valence-electron chi connectivity index (χ4n) is 6.97. The molecule has 1 saturated heterocycles. The lowest BCUT2D eigenvalue weighted by molar-refractivity contribution is -0.296. The summed E-state index contributed by atoms with van der Waals surface area (Å²) in [6.07, 6.45) is -5.25. The molecule has 1 aliphatic heterocycles. The Morgan fingerprint density at radius 2 is 1.55 bits per heavy atom. The van der Waals surface area contributed by atoms with E-state index in [9.17, 15) is 27.9 Å². The maximum atomic E-state index is 14.7. The number of hydrogen-bond acceptors (Lipinski definition) is 11. The molecule has 1 unspecified atom stereocenters. The van der Waals surface area contributed by atoms with Crippen molar-refractivity contribution < 1.29 is 47.1 Å². The molecule has 5 aromatic rings. The third-order valence-corrected chi connectivity index (χ3v) is 8.98. The summed E-state index contributed by atoms with van der Waals surface area (Å²) in [5.41, 5.74) is 4.80. The van der Waals surface area contributed by atoms with Crippen LogP contribution in [0.25, 0.3) is 11.2 Å². The molecular weight excluding hydrogens is 699 g/mol. The second-order valence-corrected chi connectivity index (χ2v) is 12.2. The summed E-state index contributed by atoms with van der Waals surface area (Å²) in [5, 5.41) is 14.9. The number of nitrogens with two attached hydrogens (primary N) is 1. The van der Waals surface area contributed by atoms with Crippen molar-refractivity contribution in [3.63, 3.8) is 0 Å². The Hall–Kier alpha value is -5.46. The van der Waals surface area contributed by atoms with Crippen LogP contribution in [0, 0.1) is 0 Å². The second-order valence-electron chi connectivity index (χ2n) is 12.2. The predicted octanol–water partition coefficient (Wildman–Crippen LogP) is 2.96. The number of amides is 2. The van der Waals surface area contributed by atoms with Gasteiger partial charge >= 0.3 is 6.05 Å². The molecule has 5 atom stereocenters. The molecule has 2 aromatic heterocycles. The van der Waals surface area contributed by atoms with Gasteiger partial charge < -0.3 is 25.6 Å². The van der Waals surface area contributed by atoms with Crippen LogP contribution in [0.2, 0.25) is 0 Å². The molecule has 0 radical (unpaired) electrons. The van der Waals surface area contributed by atoms with Gasteiger partial charge in [0.2, 0.25) is 11.8 Å². The molecule has 0 bridgehead atoms. The van der Waals surface area contributed by atoms with Crippen molar-refractivity contribution in [2.24, 2.45) is 0 Å². The monoisotopic (exact) mass is 735 g/mol. The first-order valence-corrected chi connectivity index (χ1v) is 16.3. The van der Waals surface area contributed by atoms with E-state index >= 15 is 0 Å². The van der Waals surface area contributed by atoms with Gasteiger partial charge in [-0.05, 0) is 16.7 Å². The Morgan fingerprint density at radius 1 is 0.981 bits per heavy atom. The van der Waals surface area contributed by atoms with Crippen molar-refractivity contribution in [3.8, 4) is 0 Å². The van der Waals surface area contributed by atoms with Gasteiger partial charge in [-0.25, -0.2) is 29.1 Å². The van der Waals surface area contributed by atoms with Crippen LogP contribution in [0.5, 0.6) is 0 Å². The molecule has 278 valence electrons. The van der Waals surface area contributed by atoms with Crippen molar-refractivity contribution >= 4 is 28.8 Å². The standard InChI is InChI=1S/C36H36F3N7O7/c1-22(47)45-36(38,39)33(37)44-27(48)19-51-30-29(49)26(18-52-50-2)53-35(30,46-21-43-28-31(40)41-20-42-32(28)46)34(23-12-6-3-7-13-23,24-14-8-4-9-15-24)25-16-10-5-11-17-25/h3-17,20-21,26,29-30,33,49H,18-19H2,1-2H3,(H,44,48)(H,45,47)(H2,40,41,42)/t26-,29-,30-,33?,35+/m1/s1. The highest BCUT2D eigenvalue weighted by Crippen LogP contribution is 2.58. The number of nitrogen functional groups attached to an aromatic ring is 1. The van der Waals surface area contributed by atoms with Gasteiger partial charge in [0.25, 0.3) is 6.30 Å². The zero-order valence-corrected chi connectivity index (χ0v) is 28.4. The highest BCUT2D eigenvalue weighted by atomic mass is 19.3.